The molecular formula is C20H32P. The lowest BCUT2D eigenvalue weighted by molar-refractivity contribution is 0.543. The van der Waals surface area contributed by atoms with E-state index >= 15 is 0 Å². The lowest BCUT2D eigenvalue weighted by Crippen LogP contribution is -2.18. The van der Waals surface area contributed by atoms with Crippen LogP contribution < -0.4 is 0 Å². The molecular weight excluding hydrogens is 271 g/mol. The van der Waals surface area contributed by atoms with Gasteiger partial charge in [0.15, 0.2) is 0 Å². The molecule has 1 fully saturated rings. The van der Waals surface area contributed by atoms with Crippen LogP contribution in [0.2, 0.25) is 0 Å². The maximum atomic E-state index is 2.33. The van der Waals surface area contributed by atoms with E-state index in [1.165, 1.54) is 63.1 Å². The van der Waals surface area contributed by atoms with E-state index in [2.05, 4.69) is 37.3 Å². The van der Waals surface area contributed by atoms with Crippen molar-refractivity contribution < 1.29 is 0 Å². The molecule has 0 bridgehead atoms. The van der Waals surface area contributed by atoms with Gasteiger partial charge in [0.2, 0.25) is 0 Å². The van der Waals surface area contributed by atoms with Gasteiger partial charge in [0.1, 0.15) is 0 Å². The van der Waals surface area contributed by atoms with Crippen LogP contribution in [0.25, 0.3) is 0 Å². The van der Waals surface area contributed by atoms with E-state index in [4.69, 9.17) is 0 Å². The molecule has 2 atom stereocenters. The highest BCUT2D eigenvalue weighted by molar-refractivity contribution is 7.39. The summed E-state index contributed by atoms with van der Waals surface area (Å²) in [5, 5.41) is 0. The van der Waals surface area contributed by atoms with Crippen LogP contribution in [-0.2, 0) is 0 Å². The van der Waals surface area contributed by atoms with Crippen molar-refractivity contribution in [2.45, 2.75) is 63.9 Å². The van der Waals surface area contributed by atoms with Gasteiger partial charge in [-0.15, -0.1) is 8.58 Å². The minimum absolute atomic E-state index is 0. The van der Waals surface area contributed by atoms with Gasteiger partial charge >= 0.3 is 0 Å². The average molecular weight is 303 g/mol. The monoisotopic (exact) mass is 303 g/mol. The second-order valence-corrected chi connectivity index (χ2v) is 7.31. The lowest BCUT2D eigenvalue weighted by Gasteiger charge is -2.29. The predicted molar refractivity (Wildman–Crippen MR) is 99.1 cm³/mol. The Bertz CT molecular complexity index is 333. The highest BCUT2D eigenvalue weighted by Gasteiger charge is 2.24. The topological polar surface area (TPSA) is 0 Å². The molecule has 0 amide bonds. The zero-order valence-electron chi connectivity index (χ0n) is 13.7. The Morgan fingerprint density at radius 1 is 1.00 bits per heavy atom. The molecule has 0 aromatic heterocycles. The number of unbranched alkanes of at least 4 members (excludes halogenated alkanes) is 1. The molecule has 21 heavy (non-hydrogen) atoms. The van der Waals surface area contributed by atoms with Gasteiger partial charge in [-0.05, 0) is 36.6 Å². The summed E-state index contributed by atoms with van der Waals surface area (Å²) >= 11 is 0. The van der Waals surface area contributed by atoms with Crippen molar-refractivity contribution in [2.75, 3.05) is 6.16 Å². The summed E-state index contributed by atoms with van der Waals surface area (Å²) in [5.41, 5.74) is 2.41. The second kappa shape index (κ2) is 12.2. The molecule has 1 aromatic rings. The number of hydrogen-bond acceptors (Lipinski definition) is 0. The zero-order valence-corrected chi connectivity index (χ0v) is 14.7. The van der Waals surface area contributed by atoms with Crippen LogP contribution in [0.4, 0.5) is 0 Å². The van der Waals surface area contributed by atoms with Gasteiger partial charge in [0, 0.05) is 5.92 Å². The van der Waals surface area contributed by atoms with Crippen molar-refractivity contribution in [3.05, 3.63) is 56.7 Å². The molecule has 1 saturated carbocycles. The summed E-state index contributed by atoms with van der Waals surface area (Å²) in [6.07, 6.45) is 12.7. The van der Waals surface area contributed by atoms with Gasteiger partial charge in [-0.3, -0.25) is 0 Å². The Labute approximate surface area is 135 Å². The van der Waals surface area contributed by atoms with Crippen molar-refractivity contribution >= 4 is 8.58 Å². The first-order valence-electron chi connectivity index (χ1n) is 8.06. The quantitative estimate of drug-likeness (QED) is 0.432. The Hall–Kier alpha value is -0.350. The average Bonchev–Trinajstić information content (AvgIpc) is 2.42. The molecule has 2 unspecified atom stereocenters. The number of hydrogen-bond donors (Lipinski definition) is 0. The van der Waals surface area contributed by atoms with Crippen molar-refractivity contribution in [3.63, 3.8) is 0 Å². The molecule has 0 aliphatic heterocycles. The van der Waals surface area contributed by atoms with Gasteiger partial charge in [-0.1, -0.05) is 84.2 Å². The van der Waals surface area contributed by atoms with E-state index in [-0.39, 0.29) is 14.9 Å². The summed E-state index contributed by atoms with van der Waals surface area (Å²) in [5.74, 6) is 1.77. The molecule has 1 aliphatic carbocycles. The third kappa shape index (κ3) is 6.96. The van der Waals surface area contributed by atoms with Crippen LogP contribution in [0.5, 0.6) is 0 Å². The summed E-state index contributed by atoms with van der Waals surface area (Å²) < 4.78 is 0. The maximum absolute atomic E-state index is 2.33. The van der Waals surface area contributed by atoms with Crippen LogP contribution >= 0.6 is 8.58 Å². The number of benzene rings is 1. The van der Waals surface area contributed by atoms with E-state index in [1.807, 2.05) is 0 Å². The SMILES string of the molecule is CCCCPC1CCCCCC[C]1c1ccccc1.[CH2].[CH2]. The summed E-state index contributed by atoms with van der Waals surface area (Å²) in [4.78, 5) is 0. The highest BCUT2D eigenvalue weighted by Crippen LogP contribution is 2.40. The fourth-order valence-corrected chi connectivity index (χ4v) is 4.91. The van der Waals surface area contributed by atoms with E-state index in [1.54, 1.807) is 5.92 Å². The molecule has 0 nitrogen and oxygen atoms in total. The van der Waals surface area contributed by atoms with Crippen LogP contribution in [0.3, 0.4) is 0 Å². The van der Waals surface area contributed by atoms with Crippen LogP contribution in [-0.4, -0.2) is 11.8 Å². The van der Waals surface area contributed by atoms with Gasteiger partial charge in [0.05, 0.1) is 0 Å². The predicted octanol–water partition coefficient (Wildman–Crippen LogP) is 6.47. The molecule has 1 aliphatic rings. The minimum Gasteiger partial charge on any atom is -0.118 e. The van der Waals surface area contributed by atoms with Crippen molar-refractivity contribution in [1.29, 1.82) is 0 Å². The highest BCUT2D eigenvalue weighted by atomic mass is 31.1. The smallest absolute Gasteiger partial charge is 0.0121 e. The third-order valence-electron chi connectivity index (χ3n) is 4.18. The fourth-order valence-electron chi connectivity index (χ4n) is 3.04. The number of rotatable bonds is 5. The molecule has 2 rings (SSSR count). The lowest BCUT2D eigenvalue weighted by atomic mass is 9.85. The van der Waals surface area contributed by atoms with Crippen LogP contribution in [0, 0.1) is 20.8 Å². The van der Waals surface area contributed by atoms with E-state index in [0.717, 1.165) is 14.2 Å². The first-order chi connectivity index (χ1) is 9.42. The third-order valence-corrected chi connectivity index (χ3v) is 5.95. The maximum Gasteiger partial charge on any atom is 0.0121 e. The standard InChI is InChI=1S/C18H28P.2CH2/c1-2-3-15-19-18-14-10-5-4-9-13-17(18)16-11-7-6-8-12-16;;/h6-8,11-12,18-19H,2-5,9-10,13-15H2,1H3;2*1H2. The molecule has 0 N–H and O–H groups in total. The van der Waals surface area contributed by atoms with Crippen LogP contribution in [0.1, 0.15) is 63.9 Å². The van der Waals surface area contributed by atoms with Crippen molar-refractivity contribution in [2.24, 2.45) is 0 Å². The van der Waals surface area contributed by atoms with Gasteiger partial charge < -0.3 is 0 Å². The fraction of sp³-hybridized carbons (Fsp3) is 0.550. The Kier molecular flexibility index (Phi) is 12.0. The Morgan fingerprint density at radius 3 is 2.43 bits per heavy atom. The van der Waals surface area contributed by atoms with Crippen LogP contribution in [0.15, 0.2) is 30.3 Å². The zero-order chi connectivity index (χ0) is 13.3. The van der Waals surface area contributed by atoms with E-state index in [9.17, 15) is 0 Å². The van der Waals surface area contributed by atoms with Crippen molar-refractivity contribution in [1.82, 2.24) is 0 Å². The second-order valence-electron chi connectivity index (χ2n) is 5.70. The summed E-state index contributed by atoms with van der Waals surface area (Å²) in [6.45, 7) is 2.31. The Balaban J connectivity index is 0.00000200. The molecule has 0 heterocycles. The first kappa shape index (κ1) is 20.6. The van der Waals surface area contributed by atoms with E-state index in [0.29, 0.717) is 0 Å². The van der Waals surface area contributed by atoms with Gasteiger partial charge in [0.25, 0.3) is 0 Å². The molecule has 117 valence electrons. The molecule has 1 heteroatoms. The molecule has 0 saturated heterocycles. The normalized spacial score (nSPS) is 20.3. The van der Waals surface area contributed by atoms with Gasteiger partial charge in [-0.2, -0.15) is 0 Å². The minimum atomic E-state index is 0. The molecule has 0 spiro atoms. The largest absolute Gasteiger partial charge is 0.118 e. The van der Waals surface area contributed by atoms with Gasteiger partial charge in [-0.25, -0.2) is 0 Å². The molecule has 5 radical (unpaired) electrons. The summed E-state index contributed by atoms with van der Waals surface area (Å²) in [6, 6.07) is 11.2. The van der Waals surface area contributed by atoms with E-state index < -0.39 is 0 Å². The molecule has 1 aromatic carbocycles. The first-order valence-corrected chi connectivity index (χ1v) is 9.34. The summed E-state index contributed by atoms with van der Waals surface area (Å²) in [7, 11) is 1.15. The van der Waals surface area contributed by atoms with Crippen molar-refractivity contribution in [3.8, 4) is 0 Å². The Morgan fingerprint density at radius 2 is 1.71 bits per heavy atom.